The fourth-order valence-electron chi connectivity index (χ4n) is 2.23. The molecule has 27 heavy (non-hydrogen) atoms. The maximum atomic E-state index is 13.8. The molecule has 3 rings (SSSR count). The van der Waals surface area contributed by atoms with E-state index in [2.05, 4.69) is 20.7 Å². The molecule has 0 saturated carbocycles. The number of aromatic nitrogens is 4. The van der Waals surface area contributed by atoms with Crippen molar-refractivity contribution >= 4 is 12.1 Å². The minimum atomic E-state index is -0.561. The van der Waals surface area contributed by atoms with Gasteiger partial charge in [0.1, 0.15) is 11.6 Å². The van der Waals surface area contributed by atoms with E-state index in [1.165, 1.54) is 48.3 Å². The molecule has 1 amide bonds. The second-order valence-corrected chi connectivity index (χ2v) is 5.58. The van der Waals surface area contributed by atoms with Crippen LogP contribution in [0.5, 0.6) is 5.75 Å². The number of benzene rings is 1. The summed E-state index contributed by atoms with van der Waals surface area (Å²) >= 11 is 0. The fourth-order valence-corrected chi connectivity index (χ4v) is 2.23. The molecule has 0 aliphatic rings. The van der Waals surface area contributed by atoms with Gasteiger partial charge in [-0.15, -0.1) is 0 Å². The number of hydrogen-bond acceptors (Lipinski definition) is 5. The SMILES string of the molecule is Cc1nn(C)c(F)c1/C=N/NC(=O)c1ccn(COc2ccc(F)cc2)n1. The van der Waals surface area contributed by atoms with Gasteiger partial charge in [0.2, 0.25) is 5.95 Å². The second-order valence-electron chi connectivity index (χ2n) is 5.58. The highest BCUT2D eigenvalue weighted by Crippen LogP contribution is 2.11. The molecule has 0 bridgehead atoms. The molecule has 0 fully saturated rings. The van der Waals surface area contributed by atoms with Gasteiger partial charge < -0.3 is 4.74 Å². The van der Waals surface area contributed by atoms with Crippen LogP contribution in [0.15, 0.2) is 41.6 Å². The second kappa shape index (κ2) is 7.77. The van der Waals surface area contributed by atoms with Crippen LogP contribution in [0.1, 0.15) is 21.7 Å². The predicted molar refractivity (Wildman–Crippen MR) is 92.2 cm³/mol. The molecule has 1 N–H and O–H groups in total. The third-order valence-electron chi connectivity index (χ3n) is 3.61. The van der Waals surface area contributed by atoms with Crippen LogP contribution in [0.2, 0.25) is 0 Å². The van der Waals surface area contributed by atoms with Crippen molar-refractivity contribution in [1.29, 1.82) is 0 Å². The average Bonchev–Trinajstić information content (AvgIpc) is 3.21. The Balaban J connectivity index is 1.56. The summed E-state index contributed by atoms with van der Waals surface area (Å²) in [6.07, 6.45) is 2.73. The Kier molecular flexibility index (Phi) is 5.25. The highest BCUT2D eigenvalue weighted by molar-refractivity contribution is 5.93. The molecule has 0 unspecified atom stereocenters. The summed E-state index contributed by atoms with van der Waals surface area (Å²) in [7, 11) is 1.47. The molecule has 1 aromatic carbocycles. The van der Waals surface area contributed by atoms with Crippen molar-refractivity contribution in [3.8, 4) is 5.75 Å². The number of amides is 1. The Morgan fingerprint density at radius 3 is 2.67 bits per heavy atom. The summed E-state index contributed by atoms with van der Waals surface area (Å²) in [6, 6.07) is 7.01. The standard InChI is InChI=1S/C17H16F2N6O2/c1-11-14(16(19)24(2)22-11)9-20-21-17(26)15-7-8-25(23-15)10-27-13-5-3-12(18)4-6-13/h3-9H,10H2,1-2H3,(H,21,26)/b20-9+. The summed E-state index contributed by atoms with van der Waals surface area (Å²) in [5.41, 5.74) is 3.03. The fraction of sp³-hybridized carbons (Fsp3) is 0.176. The number of hydrazone groups is 1. The third-order valence-corrected chi connectivity index (χ3v) is 3.61. The smallest absolute Gasteiger partial charge is 0.291 e. The van der Waals surface area contributed by atoms with Crippen molar-refractivity contribution in [2.75, 3.05) is 0 Å². The van der Waals surface area contributed by atoms with E-state index in [-0.39, 0.29) is 23.8 Å². The van der Waals surface area contributed by atoms with Gasteiger partial charge >= 0.3 is 0 Å². The topological polar surface area (TPSA) is 86.3 Å². The average molecular weight is 374 g/mol. The molecule has 0 spiro atoms. The zero-order chi connectivity index (χ0) is 19.4. The number of hydrogen-bond donors (Lipinski definition) is 1. The van der Waals surface area contributed by atoms with Crippen LogP contribution in [-0.4, -0.2) is 31.7 Å². The first kappa shape index (κ1) is 18.2. The molecule has 2 aromatic heterocycles. The molecular weight excluding hydrogens is 358 g/mol. The van der Waals surface area contributed by atoms with Gasteiger partial charge in [-0.2, -0.15) is 19.7 Å². The van der Waals surface area contributed by atoms with E-state index < -0.39 is 11.9 Å². The lowest BCUT2D eigenvalue weighted by Gasteiger charge is -2.05. The summed E-state index contributed by atoms with van der Waals surface area (Å²) in [5.74, 6) is -1.000. The maximum Gasteiger partial charge on any atom is 0.291 e. The zero-order valence-electron chi connectivity index (χ0n) is 14.6. The van der Waals surface area contributed by atoms with Gasteiger partial charge in [0.25, 0.3) is 5.91 Å². The molecule has 0 saturated heterocycles. The largest absolute Gasteiger partial charge is 0.471 e. The van der Waals surface area contributed by atoms with Crippen LogP contribution in [0, 0.1) is 18.7 Å². The highest BCUT2D eigenvalue weighted by atomic mass is 19.1. The summed E-state index contributed by atoms with van der Waals surface area (Å²) in [6.45, 7) is 1.68. The third kappa shape index (κ3) is 4.35. The minimum absolute atomic E-state index is 0.0439. The normalized spacial score (nSPS) is 11.1. The summed E-state index contributed by atoms with van der Waals surface area (Å²) < 4.78 is 34.5. The molecule has 0 aliphatic carbocycles. The Morgan fingerprint density at radius 1 is 1.26 bits per heavy atom. The van der Waals surface area contributed by atoms with Crippen LogP contribution < -0.4 is 10.2 Å². The van der Waals surface area contributed by atoms with Crippen LogP contribution >= 0.6 is 0 Å². The number of halogens is 2. The summed E-state index contributed by atoms with van der Waals surface area (Å²) in [5, 5.41) is 11.7. The van der Waals surface area contributed by atoms with Gasteiger partial charge in [0.15, 0.2) is 12.4 Å². The van der Waals surface area contributed by atoms with Gasteiger partial charge in [-0.3, -0.25) is 4.79 Å². The first-order chi connectivity index (χ1) is 12.9. The molecule has 0 atom stereocenters. The summed E-state index contributed by atoms with van der Waals surface area (Å²) in [4.78, 5) is 12.0. The van der Waals surface area contributed by atoms with E-state index in [0.717, 1.165) is 4.68 Å². The van der Waals surface area contributed by atoms with Gasteiger partial charge in [-0.25, -0.2) is 19.2 Å². The molecule has 140 valence electrons. The number of nitrogens with zero attached hydrogens (tertiary/aromatic N) is 5. The van der Waals surface area contributed by atoms with E-state index in [4.69, 9.17) is 4.74 Å². The van der Waals surface area contributed by atoms with Gasteiger partial charge in [0, 0.05) is 13.2 Å². The molecule has 0 radical (unpaired) electrons. The predicted octanol–water partition coefficient (Wildman–Crippen LogP) is 2.00. The van der Waals surface area contributed by atoms with Crippen LogP contribution in [0.25, 0.3) is 0 Å². The van der Waals surface area contributed by atoms with E-state index >= 15 is 0 Å². The molecule has 8 nitrogen and oxygen atoms in total. The van der Waals surface area contributed by atoms with Crippen molar-refractivity contribution in [1.82, 2.24) is 25.0 Å². The minimum Gasteiger partial charge on any atom is -0.471 e. The Bertz CT molecular complexity index is 978. The molecule has 10 heteroatoms. The molecule has 0 aliphatic heterocycles. The van der Waals surface area contributed by atoms with Crippen molar-refractivity contribution in [3.05, 3.63) is 65.2 Å². The van der Waals surface area contributed by atoms with Crippen molar-refractivity contribution in [2.24, 2.45) is 12.1 Å². The van der Waals surface area contributed by atoms with E-state index in [1.807, 2.05) is 0 Å². The number of rotatable bonds is 6. The zero-order valence-corrected chi connectivity index (χ0v) is 14.6. The lowest BCUT2D eigenvalue weighted by atomic mass is 10.3. The van der Waals surface area contributed by atoms with E-state index in [1.54, 1.807) is 13.1 Å². The van der Waals surface area contributed by atoms with E-state index in [9.17, 15) is 13.6 Å². The van der Waals surface area contributed by atoms with Crippen LogP contribution in [-0.2, 0) is 13.8 Å². The van der Waals surface area contributed by atoms with Crippen LogP contribution in [0.4, 0.5) is 8.78 Å². The number of aryl methyl sites for hydroxylation is 2. The first-order valence-corrected chi connectivity index (χ1v) is 7.88. The van der Waals surface area contributed by atoms with E-state index in [0.29, 0.717) is 11.4 Å². The molecular formula is C17H16F2N6O2. The Morgan fingerprint density at radius 2 is 2.00 bits per heavy atom. The Labute approximate surface area is 153 Å². The monoisotopic (exact) mass is 374 g/mol. The first-order valence-electron chi connectivity index (χ1n) is 7.88. The lowest BCUT2D eigenvalue weighted by Crippen LogP contribution is -2.19. The molecule has 3 aromatic rings. The van der Waals surface area contributed by atoms with Crippen molar-refractivity contribution in [2.45, 2.75) is 13.7 Å². The van der Waals surface area contributed by atoms with Crippen molar-refractivity contribution < 1.29 is 18.3 Å². The Hall–Kier alpha value is -3.56. The maximum absolute atomic E-state index is 13.8. The van der Waals surface area contributed by atoms with Gasteiger partial charge in [0.05, 0.1) is 17.5 Å². The number of carbonyl (C=O) groups excluding carboxylic acids is 1. The van der Waals surface area contributed by atoms with Crippen molar-refractivity contribution in [3.63, 3.8) is 0 Å². The van der Waals surface area contributed by atoms with Gasteiger partial charge in [-0.1, -0.05) is 0 Å². The highest BCUT2D eigenvalue weighted by Gasteiger charge is 2.12. The lowest BCUT2D eigenvalue weighted by molar-refractivity contribution is 0.0948. The number of ether oxygens (including phenoxy) is 1. The van der Waals surface area contributed by atoms with Gasteiger partial charge in [-0.05, 0) is 37.3 Å². The van der Waals surface area contributed by atoms with Crippen LogP contribution in [0.3, 0.4) is 0 Å². The molecule has 2 heterocycles. The number of carbonyl (C=O) groups is 1. The quantitative estimate of drug-likeness (QED) is 0.528. The number of nitrogens with one attached hydrogen (secondary N) is 1.